The minimum absolute atomic E-state index is 0.0174. The van der Waals surface area contributed by atoms with Crippen LogP contribution in [-0.4, -0.2) is 45.5 Å². The molecule has 2 fully saturated rings. The van der Waals surface area contributed by atoms with Crippen molar-refractivity contribution < 1.29 is 14.0 Å². The van der Waals surface area contributed by atoms with E-state index in [1.54, 1.807) is 6.07 Å². The monoisotopic (exact) mass is 314 g/mol. The first-order valence-corrected chi connectivity index (χ1v) is 7.83. The molecule has 0 unspecified atom stereocenters. The van der Waals surface area contributed by atoms with Gasteiger partial charge in [0.15, 0.2) is 11.5 Å². The van der Waals surface area contributed by atoms with E-state index < -0.39 is 0 Å². The van der Waals surface area contributed by atoms with E-state index in [0.29, 0.717) is 30.1 Å². The molecule has 2 amide bonds. The summed E-state index contributed by atoms with van der Waals surface area (Å²) in [5.74, 6) is 1.35. The number of hydrogen-bond donors (Lipinski definition) is 2. The summed E-state index contributed by atoms with van der Waals surface area (Å²) in [4.78, 5) is 26.4. The molecule has 2 aliphatic rings. The minimum Gasteiger partial charge on any atom is -0.460 e. The molecule has 2 atom stereocenters. The van der Waals surface area contributed by atoms with Crippen LogP contribution in [-0.2, 0) is 4.79 Å². The topological polar surface area (TPSA) is 91.2 Å². The number of fused-ring (bicyclic) bond motifs is 2. The zero-order chi connectivity index (χ0) is 16.0. The number of nitrogens with one attached hydrogen (secondary N) is 2. The van der Waals surface area contributed by atoms with E-state index in [9.17, 15) is 9.59 Å². The van der Waals surface area contributed by atoms with Gasteiger partial charge in [-0.15, -0.1) is 0 Å². The molecule has 2 bridgehead atoms. The van der Waals surface area contributed by atoms with Gasteiger partial charge in [0, 0.05) is 31.1 Å². The summed E-state index contributed by atoms with van der Waals surface area (Å²) in [6, 6.07) is 5.45. The van der Waals surface area contributed by atoms with Crippen molar-refractivity contribution in [2.75, 3.05) is 6.54 Å². The fourth-order valence-electron chi connectivity index (χ4n) is 3.48. The van der Waals surface area contributed by atoms with Gasteiger partial charge in [-0.05, 0) is 31.9 Å². The number of hydrogen-bond acceptors (Lipinski definition) is 4. The van der Waals surface area contributed by atoms with Crippen molar-refractivity contribution in [3.8, 4) is 11.5 Å². The molecule has 4 heterocycles. The average molecular weight is 314 g/mol. The molecule has 4 rings (SSSR count). The molecular formula is C16H18N4O3. The molecule has 7 nitrogen and oxygen atoms in total. The maximum absolute atomic E-state index is 12.8. The smallest absolute Gasteiger partial charge is 0.274 e. The SMILES string of the molecule is Cc1ccc(-c2cc(C(=O)N3[C@@H]4CC[C@H]3CNC(=O)C4)n[nH]2)o1. The molecule has 7 heteroatoms. The Kier molecular flexibility index (Phi) is 3.21. The summed E-state index contributed by atoms with van der Waals surface area (Å²) in [5.41, 5.74) is 1.04. The first-order valence-electron chi connectivity index (χ1n) is 7.83. The van der Waals surface area contributed by atoms with Gasteiger partial charge in [-0.2, -0.15) is 5.10 Å². The summed E-state index contributed by atoms with van der Waals surface area (Å²) in [5, 5.41) is 9.87. The first-order chi connectivity index (χ1) is 11.1. The second-order valence-electron chi connectivity index (χ2n) is 6.18. The van der Waals surface area contributed by atoms with Crippen molar-refractivity contribution in [2.24, 2.45) is 0 Å². The third-order valence-electron chi connectivity index (χ3n) is 4.61. The lowest BCUT2D eigenvalue weighted by atomic mass is 10.1. The van der Waals surface area contributed by atoms with Crippen LogP contribution in [0.4, 0.5) is 0 Å². The molecule has 0 aromatic carbocycles. The third kappa shape index (κ3) is 2.42. The number of H-pyrrole nitrogens is 1. The Morgan fingerprint density at radius 1 is 1.35 bits per heavy atom. The van der Waals surface area contributed by atoms with E-state index in [1.165, 1.54) is 0 Å². The van der Waals surface area contributed by atoms with E-state index in [2.05, 4.69) is 15.5 Å². The van der Waals surface area contributed by atoms with Crippen LogP contribution in [0.3, 0.4) is 0 Å². The molecular weight excluding hydrogens is 296 g/mol. The van der Waals surface area contributed by atoms with Crippen molar-refractivity contribution in [3.05, 3.63) is 29.7 Å². The van der Waals surface area contributed by atoms with Crippen LogP contribution < -0.4 is 5.32 Å². The van der Waals surface area contributed by atoms with Crippen LogP contribution in [0.2, 0.25) is 0 Å². The van der Waals surface area contributed by atoms with Crippen LogP contribution >= 0.6 is 0 Å². The average Bonchev–Trinajstić information content (AvgIpc) is 3.20. The van der Waals surface area contributed by atoms with E-state index >= 15 is 0 Å². The normalized spacial score (nSPS) is 23.7. The van der Waals surface area contributed by atoms with Crippen LogP contribution in [0, 0.1) is 6.92 Å². The summed E-state index contributed by atoms with van der Waals surface area (Å²) in [6.45, 7) is 2.39. The molecule has 2 N–H and O–H groups in total. The van der Waals surface area contributed by atoms with E-state index in [-0.39, 0.29) is 23.9 Å². The van der Waals surface area contributed by atoms with E-state index in [1.807, 2.05) is 24.0 Å². The van der Waals surface area contributed by atoms with Crippen LogP contribution in [0.15, 0.2) is 22.6 Å². The fraction of sp³-hybridized carbons (Fsp3) is 0.438. The number of rotatable bonds is 2. The molecule has 120 valence electrons. The summed E-state index contributed by atoms with van der Waals surface area (Å²) in [6.07, 6.45) is 2.17. The Balaban J connectivity index is 1.60. The minimum atomic E-state index is -0.125. The lowest BCUT2D eigenvalue weighted by Gasteiger charge is -2.26. The van der Waals surface area contributed by atoms with Crippen LogP contribution in [0.5, 0.6) is 0 Å². The van der Waals surface area contributed by atoms with Crippen LogP contribution in [0.25, 0.3) is 11.5 Å². The van der Waals surface area contributed by atoms with Crippen molar-refractivity contribution in [3.63, 3.8) is 0 Å². The highest BCUT2D eigenvalue weighted by Crippen LogP contribution is 2.30. The van der Waals surface area contributed by atoms with Gasteiger partial charge < -0.3 is 14.6 Å². The van der Waals surface area contributed by atoms with E-state index in [0.717, 1.165) is 18.6 Å². The summed E-state index contributed by atoms with van der Waals surface area (Å²) < 4.78 is 5.55. The van der Waals surface area contributed by atoms with Crippen molar-refractivity contribution in [2.45, 2.75) is 38.3 Å². The summed E-state index contributed by atoms with van der Waals surface area (Å²) >= 11 is 0. The number of aromatic nitrogens is 2. The number of carbonyl (C=O) groups excluding carboxylic acids is 2. The highest BCUT2D eigenvalue weighted by Gasteiger charge is 2.41. The zero-order valence-electron chi connectivity index (χ0n) is 12.8. The number of nitrogens with zero attached hydrogens (tertiary/aromatic N) is 2. The number of furan rings is 1. The lowest BCUT2D eigenvalue weighted by molar-refractivity contribution is -0.121. The fourth-order valence-corrected chi connectivity index (χ4v) is 3.48. The number of carbonyl (C=O) groups is 2. The Morgan fingerprint density at radius 2 is 2.17 bits per heavy atom. The number of amides is 2. The van der Waals surface area contributed by atoms with E-state index in [4.69, 9.17) is 4.42 Å². The molecule has 0 saturated carbocycles. The van der Waals surface area contributed by atoms with Crippen molar-refractivity contribution in [1.29, 1.82) is 0 Å². The Morgan fingerprint density at radius 3 is 2.96 bits per heavy atom. The van der Waals surface area contributed by atoms with Crippen LogP contribution in [0.1, 0.15) is 35.5 Å². The van der Waals surface area contributed by atoms with Crippen molar-refractivity contribution in [1.82, 2.24) is 20.4 Å². The van der Waals surface area contributed by atoms with Gasteiger partial charge in [0.05, 0.1) is 0 Å². The second kappa shape index (κ2) is 5.26. The quantitative estimate of drug-likeness (QED) is 0.878. The van der Waals surface area contributed by atoms with Crippen molar-refractivity contribution >= 4 is 11.8 Å². The molecule has 0 radical (unpaired) electrons. The van der Waals surface area contributed by atoms with Gasteiger partial charge in [-0.1, -0.05) is 0 Å². The van der Waals surface area contributed by atoms with Gasteiger partial charge in [0.1, 0.15) is 11.5 Å². The molecule has 2 aromatic heterocycles. The van der Waals surface area contributed by atoms with Gasteiger partial charge in [0.2, 0.25) is 5.91 Å². The highest BCUT2D eigenvalue weighted by atomic mass is 16.3. The predicted molar refractivity (Wildman–Crippen MR) is 81.6 cm³/mol. The largest absolute Gasteiger partial charge is 0.460 e. The Hall–Kier alpha value is -2.57. The number of aryl methyl sites for hydroxylation is 1. The van der Waals surface area contributed by atoms with Gasteiger partial charge in [-0.25, -0.2) is 0 Å². The standard InChI is InChI=1S/C16H18N4O3/c1-9-2-5-14(23-9)12-7-13(19-18-12)16(22)20-10-3-4-11(20)8-17-15(21)6-10/h2,5,7,10-11H,3-4,6,8H2,1H3,(H,17,21)(H,18,19)/t10-,11+/m1/s1. The molecule has 0 spiro atoms. The zero-order valence-corrected chi connectivity index (χ0v) is 12.8. The van der Waals surface area contributed by atoms with Gasteiger partial charge in [0.25, 0.3) is 5.91 Å². The van der Waals surface area contributed by atoms with Gasteiger partial charge >= 0.3 is 0 Å². The Bertz CT molecular complexity index is 763. The second-order valence-corrected chi connectivity index (χ2v) is 6.18. The highest BCUT2D eigenvalue weighted by molar-refractivity contribution is 5.94. The lowest BCUT2D eigenvalue weighted by Crippen LogP contribution is -2.42. The summed E-state index contributed by atoms with van der Waals surface area (Å²) in [7, 11) is 0. The molecule has 2 aromatic rings. The number of aromatic amines is 1. The Labute approximate surface area is 133 Å². The van der Waals surface area contributed by atoms with Gasteiger partial charge in [-0.3, -0.25) is 14.7 Å². The first kappa shape index (κ1) is 14.0. The molecule has 2 aliphatic heterocycles. The maximum Gasteiger partial charge on any atom is 0.274 e. The predicted octanol–water partition coefficient (Wildman–Crippen LogP) is 1.47. The maximum atomic E-state index is 12.8. The molecule has 0 aliphatic carbocycles. The molecule has 2 saturated heterocycles. The molecule has 23 heavy (non-hydrogen) atoms. The third-order valence-corrected chi connectivity index (χ3v) is 4.61.